The summed E-state index contributed by atoms with van der Waals surface area (Å²) in [4.78, 5) is 47.2. The number of halogens is 1. The van der Waals surface area contributed by atoms with Crippen molar-refractivity contribution in [2.75, 3.05) is 58.6 Å². The second-order valence-electron chi connectivity index (χ2n) is 18.2. The molecule has 6 unspecified atom stereocenters. The van der Waals surface area contributed by atoms with E-state index in [0.29, 0.717) is 95.4 Å². The monoisotopic (exact) mass is 1040 g/mol. The Bertz CT molecular complexity index is 2700. The molecule has 1 saturated carbocycles. The summed E-state index contributed by atoms with van der Waals surface area (Å²) in [5, 5.41) is 39.2. The maximum Gasteiger partial charge on any atom is 0.417 e. The zero-order valence-electron chi connectivity index (χ0n) is 41.3. The van der Waals surface area contributed by atoms with Crippen molar-refractivity contribution in [3.63, 3.8) is 0 Å². The van der Waals surface area contributed by atoms with Gasteiger partial charge < -0.3 is 52.9 Å². The number of oxime groups is 1. The van der Waals surface area contributed by atoms with Crippen molar-refractivity contribution in [1.82, 2.24) is 4.90 Å². The highest BCUT2D eigenvalue weighted by Crippen LogP contribution is 2.62. The number of rotatable bonds is 24. The van der Waals surface area contributed by atoms with Crippen molar-refractivity contribution < 1.29 is 67.5 Å². The van der Waals surface area contributed by atoms with E-state index in [9.17, 15) is 29.9 Å². The van der Waals surface area contributed by atoms with Gasteiger partial charge in [-0.25, -0.2) is 9.59 Å². The molecule has 2 amide bonds. The number of nitro groups is 1. The SMILES string of the molecule is C=CCOC12Oc3ccc(OC(=O)Nc4ccc(OC)cc4OC)cc3C3C(CCCCO)C(CCCCO)C=C(C(=NOCc4ccc([N+](=O)[O-])cc4)CC1N(Cc1ccc4c(c1)OCO4)C(=O)OCCCl)C32. The molecule has 3 N–H and O–H groups in total. The predicted octanol–water partition coefficient (Wildman–Crippen LogP) is 9.66. The molecule has 4 aliphatic rings. The lowest BCUT2D eigenvalue weighted by Crippen LogP contribution is -2.70. The molecule has 20 heteroatoms. The highest BCUT2D eigenvalue weighted by Gasteiger charge is 2.66. The lowest BCUT2D eigenvalue weighted by atomic mass is 9.55. The highest BCUT2D eigenvalue weighted by atomic mass is 35.5. The molecule has 1 fully saturated rings. The van der Waals surface area contributed by atoms with Gasteiger partial charge in [0.05, 0.1) is 48.9 Å². The first-order valence-electron chi connectivity index (χ1n) is 24.6. The number of aliphatic hydroxyl groups is 2. The van der Waals surface area contributed by atoms with Crippen molar-refractivity contribution in [1.29, 1.82) is 0 Å². The molecule has 0 spiro atoms. The largest absolute Gasteiger partial charge is 0.497 e. The molecular formula is C54H61ClN4O15. The van der Waals surface area contributed by atoms with E-state index in [0.717, 1.165) is 5.57 Å². The number of nitrogens with one attached hydrogen (secondary N) is 1. The summed E-state index contributed by atoms with van der Waals surface area (Å²) in [6.45, 7) is 3.88. The van der Waals surface area contributed by atoms with Gasteiger partial charge in [-0.05, 0) is 109 Å². The van der Waals surface area contributed by atoms with Crippen LogP contribution in [0.15, 0.2) is 108 Å². The number of carbonyl (C=O) groups excluding carboxylic acids is 2. The number of nitro benzene ring substituents is 1. The Labute approximate surface area is 433 Å². The van der Waals surface area contributed by atoms with Gasteiger partial charge in [0.25, 0.3) is 5.69 Å². The highest BCUT2D eigenvalue weighted by molar-refractivity contribution is 6.18. The molecule has 74 heavy (non-hydrogen) atoms. The Balaban J connectivity index is 1.30. The first-order valence-corrected chi connectivity index (χ1v) is 25.1. The number of anilines is 1. The van der Waals surface area contributed by atoms with Gasteiger partial charge in [-0.2, -0.15) is 0 Å². The zero-order chi connectivity index (χ0) is 52.2. The number of hydrogen-bond acceptors (Lipinski definition) is 16. The van der Waals surface area contributed by atoms with Gasteiger partial charge in [0.2, 0.25) is 12.6 Å². The number of hydrogen-bond donors (Lipinski definition) is 3. The molecule has 0 saturated heterocycles. The van der Waals surface area contributed by atoms with E-state index in [1.807, 2.05) is 6.07 Å². The fraction of sp³-hybridized carbons (Fsp3) is 0.426. The Hall–Kier alpha value is -7.06. The fourth-order valence-electron chi connectivity index (χ4n) is 10.5. The van der Waals surface area contributed by atoms with Crippen molar-refractivity contribution in [3.05, 3.63) is 130 Å². The second kappa shape index (κ2) is 24.8. The Morgan fingerprint density at radius 1 is 0.932 bits per heavy atom. The number of fused-ring (bicyclic) bond motifs is 3. The lowest BCUT2D eigenvalue weighted by Gasteiger charge is -2.59. The molecule has 19 nitrogen and oxygen atoms in total. The number of unbranched alkanes of at least 4 members (excludes halogenated alkanes) is 2. The van der Waals surface area contributed by atoms with Gasteiger partial charge in [-0.3, -0.25) is 20.3 Å². The van der Waals surface area contributed by atoms with Crippen molar-refractivity contribution in [2.24, 2.45) is 22.9 Å². The maximum absolute atomic E-state index is 14.8. The minimum Gasteiger partial charge on any atom is -0.497 e. The van der Waals surface area contributed by atoms with Crippen LogP contribution in [0.1, 0.15) is 67.6 Å². The van der Waals surface area contributed by atoms with Crippen LogP contribution >= 0.6 is 11.6 Å². The number of amides is 2. The van der Waals surface area contributed by atoms with Crippen LogP contribution in [0.2, 0.25) is 0 Å². The van der Waals surface area contributed by atoms with E-state index < -0.39 is 40.8 Å². The Kier molecular flexibility index (Phi) is 17.8. The van der Waals surface area contributed by atoms with Crippen LogP contribution in [-0.2, 0) is 27.5 Å². The number of methoxy groups -OCH3 is 2. The molecule has 394 valence electrons. The third-order valence-electron chi connectivity index (χ3n) is 13.8. The van der Waals surface area contributed by atoms with E-state index in [2.05, 4.69) is 18.0 Å². The van der Waals surface area contributed by atoms with Gasteiger partial charge in [0.1, 0.15) is 42.3 Å². The van der Waals surface area contributed by atoms with Gasteiger partial charge in [0, 0.05) is 55.9 Å². The third-order valence-corrected chi connectivity index (χ3v) is 13.9. The number of aliphatic hydroxyl groups excluding tert-OH is 2. The normalized spacial score (nSPS) is 21.5. The van der Waals surface area contributed by atoms with E-state index in [4.69, 9.17) is 59.5 Å². The first-order chi connectivity index (χ1) is 36.0. The maximum atomic E-state index is 14.8. The summed E-state index contributed by atoms with van der Waals surface area (Å²) in [6, 6.07) is 20.5. The molecule has 0 radical (unpaired) electrons. The summed E-state index contributed by atoms with van der Waals surface area (Å²) in [5.41, 5.74) is 3.52. The number of nitrogens with zero attached hydrogens (tertiary/aromatic N) is 3. The molecular weight excluding hydrogens is 980 g/mol. The van der Waals surface area contributed by atoms with E-state index >= 15 is 0 Å². The number of alkyl halides is 1. The van der Waals surface area contributed by atoms with Crippen LogP contribution in [0.4, 0.5) is 21.0 Å². The number of allylic oxidation sites excluding steroid dienone is 1. The minimum absolute atomic E-state index is 0.00859. The van der Waals surface area contributed by atoms with E-state index in [-0.39, 0.29) is 81.9 Å². The fourth-order valence-corrected chi connectivity index (χ4v) is 10.6. The van der Waals surface area contributed by atoms with Gasteiger partial charge >= 0.3 is 12.2 Å². The molecule has 8 rings (SSSR count). The van der Waals surface area contributed by atoms with Crippen LogP contribution in [0.3, 0.4) is 0 Å². The van der Waals surface area contributed by atoms with E-state index in [1.165, 1.54) is 26.4 Å². The Morgan fingerprint density at radius 2 is 1.68 bits per heavy atom. The number of ether oxygens (including phenoxy) is 8. The molecule has 2 aliphatic heterocycles. The summed E-state index contributed by atoms with van der Waals surface area (Å²) >= 11 is 6.14. The molecule has 6 atom stereocenters. The van der Waals surface area contributed by atoms with Crippen molar-refractivity contribution in [3.8, 4) is 34.5 Å². The topological polar surface area (TPSA) is 228 Å². The van der Waals surface area contributed by atoms with Gasteiger partial charge in [-0.1, -0.05) is 36.2 Å². The molecule has 0 bridgehead atoms. The van der Waals surface area contributed by atoms with E-state index in [1.54, 1.807) is 71.6 Å². The van der Waals surface area contributed by atoms with Crippen LogP contribution in [0.5, 0.6) is 34.5 Å². The predicted molar refractivity (Wildman–Crippen MR) is 272 cm³/mol. The van der Waals surface area contributed by atoms with Crippen molar-refractivity contribution in [2.45, 2.75) is 75.8 Å². The number of carbonyl (C=O) groups is 2. The second-order valence-corrected chi connectivity index (χ2v) is 18.5. The molecule has 4 aromatic carbocycles. The van der Waals surface area contributed by atoms with Crippen LogP contribution in [0.25, 0.3) is 0 Å². The van der Waals surface area contributed by atoms with Crippen molar-refractivity contribution >= 4 is 40.9 Å². The van der Waals surface area contributed by atoms with Crippen LogP contribution in [-0.4, -0.2) is 103 Å². The molecule has 0 aromatic heterocycles. The molecule has 4 aromatic rings. The zero-order valence-corrected chi connectivity index (χ0v) is 42.0. The summed E-state index contributed by atoms with van der Waals surface area (Å²) in [6.07, 6.45) is 6.11. The summed E-state index contributed by atoms with van der Waals surface area (Å²) in [5.74, 6) is -0.579. The standard InChI is InChI=1S/C54H61ClN4O15/c1-4-24-71-54-49(58(53(63)68-25-21-55)31-35-13-19-46-48(26-35)70-33-69-46)30-44(57-72-32-34-11-14-37(15-12-34)59(64)65)41-27-36(9-5-7-22-60)40(10-6-8-23-61)50(51(41)54)42-28-39(17-20-45(42)74-54)73-52(62)56-43-18-16-38(66-2)29-47(43)67-3/h4,11-20,26-29,36,40,49-51,60-61H,1,5-10,21-25,30-33H2,2-3H3,(H,56,62). The molecule has 2 heterocycles. The minimum atomic E-state index is -1.68. The van der Waals surface area contributed by atoms with Gasteiger partial charge in [0.15, 0.2) is 11.5 Å². The summed E-state index contributed by atoms with van der Waals surface area (Å²) in [7, 11) is 3.00. The smallest absolute Gasteiger partial charge is 0.417 e. The average molecular weight is 1040 g/mol. The van der Waals surface area contributed by atoms with Crippen LogP contribution in [0, 0.1) is 27.9 Å². The van der Waals surface area contributed by atoms with Crippen LogP contribution < -0.4 is 33.7 Å². The molecule has 2 aliphatic carbocycles. The number of benzene rings is 4. The number of non-ortho nitro benzene ring substituents is 1. The average Bonchev–Trinajstić information content (AvgIpc) is 3.92. The third kappa shape index (κ3) is 11.8. The quantitative estimate of drug-likeness (QED) is 0.0195. The Morgan fingerprint density at radius 3 is 2.41 bits per heavy atom. The van der Waals surface area contributed by atoms with Gasteiger partial charge in [-0.15, -0.1) is 18.2 Å². The summed E-state index contributed by atoms with van der Waals surface area (Å²) < 4.78 is 48.5. The first kappa shape index (κ1) is 53.2. The lowest BCUT2D eigenvalue weighted by molar-refractivity contribution is -0.384.